The maximum atomic E-state index is 12.4. The molecule has 0 fully saturated rings. The lowest BCUT2D eigenvalue weighted by Crippen LogP contribution is -2.13. The van der Waals surface area contributed by atoms with Gasteiger partial charge in [0.2, 0.25) is 0 Å². The molecule has 0 aliphatic heterocycles. The summed E-state index contributed by atoms with van der Waals surface area (Å²) in [6.07, 6.45) is 1.56. The molecule has 0 saturated carbocycles. The first-order valence-corrected chi connectivity index (χ1v) is 8.60. The fourth-order valence-corrected chi connectivity index (χ4v) is 3.01. The van der Waals surface area contributed by atoms with Gasteiger partial charge in [-0.25, -0.2) is 4.68 Å². The van der Waals surface area contributed by atoms with Crippen LogP contribution >= 0.6 is 11.3 Å². The van der Waals surface area contributed by atoms with Crippen molar-refractivity contribution < 1.29 is 4.79 Å². The molecular formula is C19H14N4OS. The van der Waals surface area contributed by atoms with E-state index in [1.165, 1.54) is 11.3 Å². The summed E-state index contributed by atoms with van der Waals surface area (Å²) in [6, 6.07) is 21.5. The van der Waals surface area contributed by atoms with Crippen LogP contribution in [0.2, 0.25) is 0 Å². The zero-order valence-electron chi connectivity index (χ0n) is 13.2. The Morgan fingerprint density at radius 2 is 1.72 bits per heavy atom. The molecule has 5 nitrogen and oxygen atoms in total. The third-order valence-corrected chi connectivity index (χ3v) is 4.45. The first-order chi connectivity index (χ1) is 12.3. The van der Waals surface area contributed by atoms with Crippen LogP contribution in [0, 0.1) is 0 Å². The molecule has 1 amide bonds. The number of anilines is 1. The van der Waals surface area contributed by atoms with Crippen molar-refractivity contribution >= 4 is 23.1 Å². The van der Waals surface area contributed by atoms with Crippen molar-refractivity contribution in [2.45, 2.75) is 0 Å². The Balaban J connectivity index is 1.76. The second-order valence-electron chi connectivity index (χ2n) is 5.35. The molecule has 2 heterocycles. The molecule has 0 radical (unpaired) electrons. The SMILES string of the molecule is O=C(Nc1cc(-c2ccccc2)nn1-c1ccccc1)c1cncs1. The average molecular weight is 346 g/mol. The second-order valence-corrected chi connectivity index (χ2v) is 6.23. The van der Waals surface area contributed by atoms with E-state index in [0.717, 1.165) is 16.9 Å². The summed E-state index contributed by atoms with van der Waals surface area (Å²) in [6.45, 7) is 0. The minimum absolute atomic E-state index is 0.195. The molecular weight excluding hydrogens is 332 g/mol. The molecule has 0 spiro atoms. The highest BCUT2D eigenvalue weighted by atomic mass is 32.1. The highest BCUT2D eigenvalue weighted by Crippen LogP contribution is 2.25. The smallest absolute Gasteiger partial charge is 0.268 e. The number of hydrogen-bond donors (Lipinski definition) is 1. The maximum Gasteiger partial charge on any atom is 0.268 e. The van der Waals surface area contributed by atoms with E-state index in [9.17, 15) is 4.79 Å². The molecule has 0 aliphatic rings. The van der Waals surface area contributed by atoms with Crippen LogP contribution in [-0.4, -0.2) is 20.7 Å². The summed E-state index contributed by atoms with van der Waals surface area (Å²) in [5, 5.41) is 7.61. The molecule has 1 N–H and O–H groups in total. The minimum Gasteiger partial charge on any atom is -0.306 e. The number of rotatable bonds is 4. The number of aromatic nitrogens is 3. The van der Waals surface area contributed by atoms with Crippen LogP contribution in [-0.2, 0) is 0 Å². The molecule has 25 heavy (non-hydrogen) atoms. The first kappa shape index (κ1) is 15.3. The predicted octanol–water partition coefficient (Wildman–Crippen LogP) is 4.25. The van der Waals surface area contributed by atoms with Gasteiger partial charge in [-0.1, -0.05) is 48.5 Å². The van der Waals surface area contributed by atoms with Gasteiger partial charge in [-0.05, 0) is 12.1 Å². The van der Waals surface area contributed by atoms with Crippen molar-refractivity contribution in [3.05, 3.63) is 83.3 Å². The Bertz CT molecular complexity index is 979. The normalized spacial score (nSPS) is 10.6. The molecule has 0 saturated heterocycles. The van der Waals surface area contributed by atoms with Crippen LogP contribution in [0.3, 0.4) is 0 Å². The molecule has 0 unspecified atom stereocenters. The van der Waals surface area contributed by atoms with Crippen LogP contribution in [0.25, 0.3) is 16.9 Å². The Kier molecular flexibility index (Phi) is 4.10. The minimum atomic E-state index is -0.195. The predicted molar refractivity (Wildman–Crippen MR) is 99.1 cm³/mol. The van der Waals surface area contributed by atoms with Gasteiger partial charge in [0, 0.05) is 11.6 Å². The van der Waals surface area contributed by atoms with Crippen LogP contribution in [0.15, 0.2) is 78.4 Å². The Morgan fingerprint density at radius 3 is 2.40 bits per heavy atom. The molecule has 6 heteroatoms. The van der Waals surface area contributed by atoms with Gasteiger partial charge in [-0.15, -0.1) is 11.3 Å². The third kappa shape index (κ3) is 3.20. The van der Waals surface area contributed by atoms with E-state index in [-0.39, 0.29) is 5.91 Å². The zero-order chi connectivity index (χ0) is 17.1. The summed E-state index contributed by atoms with van der Waals surface area (Å²) in [4.78, 5) is 16.9. The quantitative estimate of drug-likeness (QED) is 0.601. The van der Waals surface area contributed by atoms with E-state index in [0.29, 0.717) is 10.7 Å². The summed E-state index contributed by atoms with van der Waals surface area (Å²) in [7, 11) is 0. The van der Waals surface area contributed by atoms with Crippen molar-refractivity contribution in [1.29, 1.82) is 0 Å². The number of carbonyl (C=O) groups excluding carboxylic acids is 1. The van der Waals surface area contributed by atoms with Crippen LogP contribution in [0.4, 0.5) is 5.82 Å². The maximum absolute atomic E-state index is 12.4. The van der Waals surface area contributed by atoms with Crippen LogP contribution < -0.4 is 5.32 Å². The molecule has 4 rings (SSSR count). The third-order valence-electron chi connectivity index (χ3n) is 3.68. The number of amides is 1. The van der Waals surface area contributed by atoms with Gasteiger partial charge in [-0.3, -0.25) is 9.78 Å². The van der Waals surface area contributed by atoms with E-state index in [1.807, 2.05) is 66.7 Å². The van der Waals surface area contributed by atoms with Gasteiger partial charge < -0.3 is 5.32 Å². The number of hydrogen-bond acceptors (Lipinski definition) is 4. The standard InChI is InChI=1S/C19H14N4OS/c24-19(17-12-20-13-25-17)21-18-11-16(14-7-3-1-4-8-14)22-23(18)15-9-5-2-6-10-15/h1-13H,(H,21,24). The lowest BCUT2D eigenvalue weighted by atomic mass is 10.1. The topological polar surface area (TPSA) is 59.8 Å². The Labute approximate surface area is 148 Å². The Morgan fingerprint density at radius 1 is 1.00 bits per heavy atom. The fourth-order valence-electron chi connectivity index (χ4n) is 2.49. The molecule has 2 aromatic heterocycles. The van der Waals surface area contributed by atoms with E-state index in [4.69, 9.17) is 0 Å². The highest BCUT2D eigenvalue weighted by molar-refractivity contribution is 7.11. The second kappa shape index (κ2) is 6.70. The van der Waals surface area contributed by atoms with Crippen molar-refractivity contribution in [2.75, 3.05) is 5.32 Å². The number of nitrogens with one attached hydrogen (secondary N) is 1. The number of para-hydroxylation sites is 1. The van der Waals surface area contributed by atoms with Crippen molar-refractivity contribution in [3.8, 4) is 16.9 Å². The Hall–Kier alpha value is -3.25. The van der Waals surface area contributed by atoms with Gasteiger partial charge in [0.25, 0.3) is 5.91 Å². The van der Waals surface area contributed by atoms with E-state index >= 15 is 0 Å². The van der Waals surface area contributed by atoms with E-state index in [2.05, 4.69) is 15.4 Å². The molecule has 0 aliphatic carbocycles. The van der Waals surface area contributed by atoms with Gasteiger partial charge in [-0.2, -0.15) is 5.10 Å². The number of benzene rings is 2. The molecule has 0 atom stereocenters. The summed E-state index contributed by atoms with van der Waals surface area (Å²) < 4.78 is 1.74. The van der Waals surface area contributed by atoms with E-state index < -0.39 is 0 Å². The van der Waals surface area contributed by atoms with Gasteiger partial charge in [0.05, 0.1) is 23.1 Å². The van der Waals surface area contributed by atoms with Crippen LogP contribution in [0.1, 0.15) is 9.67 Å². The van der Waals surface area contributed by atoms with Gasteiger partial charge >= 0.3 is 0 Å². The summed E-state index contributed by atoms with van der Waals surface area (Å²) in [5.41, 5.74) is 4.30. The lowest BCUT2D eigenvalue weighted by molar-refractivity contribution is 0.102. The number of nitrogens with zero attached hydrogens (tertiary/aromatic N) is 3. The molecule has 4 aromatic rings. The first-order valence-electron chi connectivity index (χ1n) is 7.72. The van der Waals surface area contributed by atoms with E-state index in [1.54, 1.807) is 16.4 Å². The zero-order valence-corrected chi connectivity index (χ0v) is 14.0. The van der Waals surface area contributed by atoms with Crippen LogP contribution in [0.5, 0.6) is 0 Å². The van der Waals surface area contributed by atoms with Gasteiger partial charge in [0.1, 0.15) is 10.7 Å². The molecule has 2 aromatic carbocycles. The average Bonchev–Trinajstić information content (AvgIpc) is 3.33. The fraction of sp³-hybridized carbons (Fsp3) is 0. The lowest BCUT2D eigenvalue weighted by Gasteiger charge is -2.07. The number of carbonyl (C=O) groups is 1. The van der Waals surface area contributed by atoms with Crippen molar-refractivity contribution in [3.63, 3.8) is 0 Å². The molecule has 0 bridgehead atoms. The monoisotopic (exact) mass is 346 g/mol. The molecule has 122 valence electrons. The van der Waals surface area contributed by atoms with Gasteiger partial charge in [0.15, 0.2) is 0 Å². The summed E-state index contributed by atoms with van der Waals surface area (Å²) in [5.74, 6) is 0.419. The van der Waals surface area contributed by atoms with Crippen molar-refractivity contribution in [1.82, 2.24) is 14.8 Å². The highest BCUT2D eigenvalue weighted by Gasteiger charge is 2.15. The van der Waals surface area contributed by atoms with Crippen molar-refractivity contribution in [2.24, 2.45) is 0 Å². The number of thiazole rings is 1. The largest absolute Gasteiger partial charge is 0.306 e. The summed E-state index contributed by atoms with van der Waals surface area (Å²) >= 11 is 1.30.